The maximum atomic E-state index is 11.2. The highest BCUT2D eigenvalue weighted by molar-refractivity contribution is 7.15. The van der Waals surface area contributed by atoms with E-state index in [0.29, 0.717) is 17.5 Å². The van der Waals surface area contributed by atoms with Gasteiger partial charge >= 0.3 is 0 Å². The van der Waals surface area contributed by atoms with Crippen molar-refractivity contribution in [2.75, 3.05) is 18.4 Å². The summed E-state index contributed by atoms with van der Waals surface area (Å²) in [5.74, 6) is 0.447. The van der Waals surface area contributed by atoms with E-state index >= 15 is 0 Å². The van der Waals surface area contributed by atoms with Crippen LogP contribution in [0.5, 0.6) is 0 Å². The second-order valence-electron chi connectivity index (χ2n) is 3.89. The number of aromatic nitrogens is 2. The van der Waals surface area contributed by atoms with Gasteiger partial charge < -0.3 is 10.6 Å². The van der Waals surface area contributed by atoms with Crippen molar-refractivity contribution in [3.8, 4) is 0 Å². The van der Waals surface area contributed by atoms with Crippen molar-refractivity contribution in [1.29, 1.82) is 0 Å². The summed E-state index contributed by atoms with van der Waals surface area (Å²) in [6, 6.07) is 0. The minimum atomic E-state index is -0.00975. The standard InChI is InChI=1S/C10H16N4OS/c1-2-8(15)12-10-14-13-9(16-10)7-4-3-5-11-6-7/h7,11H,2-6H2,1H3,(H,12,14,15). The van der Waals surface area contributed by atoms with Gasteiger partial charge in [0, 0.05) is 18.9 Å². The Hall–Kier alpha value is -1.01. The summed E-state index contributed by atoms with van der Waals surface area (Å²) in [5.41, 5.74) is 0. The molecule has 1 saturated heterocycles. The lowest BCUT2D eigenvalue weighted by molar-refractivity contribution is -0.115. The number of hydrogen-bond donors (Lipinski definition) is 2. The normalized spacial score (nSPS) is 20.7. The van der Waals surface area contributed by atoms with Crippen LogP contribution < -0.4 is 10.6 Å². The van der Waals surface area contributed by atoms with E-state index in [9.17, 15) is 4.79 Å². The Labute approximate surface area is 98.7 Å². The average molecular weight is 240 g/mol. The molecule has 2 N–H and O–H groups in total. The molecule has 6 heteroatoms. The topological polar surface area (TPSA) is 66.9 Å². The molecule has 0 saturated carbocycles. The third kappa shape index (κ3) is 2.76. The van der Waals surface area contributed by atoms with Gasteiger partial charge in [-0.3, -0.25) is 4.79 Å². The fourth-order valence-electron chi connectivity index (χ4n) is 1.72. The van der Waals surface area contributed by atoms with Crippen LogP contribution in [0.25, 0.3) is 0 Å². The van der Waals surface area contributed by atoms with Gasteiger partial charge in [-0.05, 0) is 19.4 Å². The molecule has 1 aliphatic rings. The molecule has 2 rings (SSSR count). The lowest BCUT2D eigenvalue weighted by Gasteiger charge is -2.19. The maximum Gasteiger partial charge on any atom is 0.225 e. The van der Waals surface area contributed by atoms with Crippen LogP contribution in [0.4, 0.5) is 5.13 Å². The number of carbonyl (C=O) groups is 1. The van der Waals surface area contributed by atoms with E-state index in [4.69, 9.17) is 0 Å². The largest absolute Gasteiger partial charge is 0.316 e. The van der Waals surface area contributed by atoms with Crippen molar-refractivity contribution in [1.82, 2.24) is 15.5 Å². The lowest BCUT2D eigenvalue weighted by atomic mass is 10.0. The van der Waals surface area contributed by atoms with Crippen LogP contribution in [-0.2, 0) is 4.79 Å². The molecule has 0 radical (unpaired) electrons. The van der Waals surface area contributed by atoms with Crippen LogP contribution >= 0.6 is 11.3 Å². The molecule has 0 spiro atoms. The Morgan fingerprint density at radius 3 is 3.19 bits per heavy atom. The SMILES string of the molecule is CCC(=O)Nc1nnc(C2CCCNC2)s1. The van der Waals surface area contributed by atoms with Gasteiger partial charge in [0.05, 0.1) is 0 Å². The molecular weight excluding hydrogens is 224 g/mol. The first-order chi connectivity index (χ1) is 7.79. The molecule has 1 fully saturated rings. The van der Waals surface area contributed by atoms with E-state index in [-0.39, 0.29) is 5.91 Å². The van der Waals surface area contributed by atoms with Gasteiger partial charge in [0.25, 0.3) is 0 Å². The van der Waals surface area contributed by atoms with Gasteiger partial charge in [-0.15, -0.1) is 10.2 Å². The summed E-state index contributed by atoms with van der Waals surface area (Å²) in [5, 5.41) is 15.9. The summed E-state index contributed by atoms with van der Waals surface area (Å²) in [6.07, 6.45) is 2.81. The number of carbonyl (C=O) groups excluding carboxylic acids is 1. The van der Waals surface area contributed by atoms with Gasteiger partial charge in [-0.1, -0.05) is 18.3 Å². The molecule has 0 aliphatic carbocycles. The zero-order chi connectivity index (χ0) is 11.4. The zero-order valence-electron chi connectivity index (χ0n) is 9.32. The Morgan fingerprint density at radius 1 is 1.62 bits per heavy atom. The molecule has 0 aromatic carbocycles. The van der Waals surface area contributed by atoms with E-state index in [1.165, 1.54) is 17.8 Å². The molecule has 1 atom stereocenters. The van der Waals surface area contributed by atoms with Crippen molar-refractivity contribution < 1.29 is 4.79 Å². The number of nitrogens with one attached hydrogen (secondary N) is 2. The lowest BCUT2D eigenvalue weighted by Crippen LogP contribution is -2.28. The minimum Gasteiger partial charge on any atom is -0.316 e. The quantitative estimate of drug-likeness (QED) is 0.837. The molecule has 1 aromatic heterocycles. The highest BCUT2D eigenvalue weighted by Gasteiger charge is 2.19. The highest BCUT2D eigenvalue weighted by Crippen LogP contribution is 2.27. The average Bonchev–Trinajstić information content (AvgIpc) is 2.78. The fourth-order valence-corrected chi connectivity index (χ4v) is 2.61. The molecule has 0 bridgehead atoms. The number of hydrogen-bond acceptors (Lipinski definition) is 5. The smallest absolute Gasteiger partial charge is 0.225 e. The predicted molar refractivity (Wildman–Crippen MR) is 63.7 cm³/mol. The molecule has 1 aromatic rings. The Balaban J connectivity index is 1.98. The molecule has 2 heterocycles. The number of amides is 1. The number of piperidine rings is 1. The van der Waals surface area contributed by atoms with Gasteiger partial charge in [-0.2, -0.15) is 0 Å². The van der Waals surface area contributed by atoms with E-state index in [1.54, 1.807) is 0 Å². The van der Waals surface area contributed by atoms with Crippen LogP contribution in [-0.4, -0.2) is 29.2 Å². The van der Waals surface area contributed by atoms with E-state index in [0.717, 1.165) is 24.5 Å². The van der Waals surface area contributed by atoms with Gasteiger partial charge in [0.15, 0.2) is 0 Å². The first-order valence-electron chi connectivity index (χ1n) is 5.63. The number of nitrogens with zero attached hydrogens (tertiary/aromatic N) is 2. The van der Waals surface area contributed by atoms with Crippen LogP contribution in [0.3, 0.4) is 0 Å². The summed E-state index contributed by atoms with van der Waals surface area (Å²) < 4.78 is 0. The summed E-state index contributed by atoms with van der Waals surface area (Å²) in [6.45, 7) is 3.88. The summed E-state index contributed by atoms with van der Waals surface area (Å²) >= 11 is 1.49. The summed E-state index contributed by atoms with van der Waals surface area (Å²) in [4.78, 5) is 11.2. The highest BCUT2D eigenvalue weighted by atomic mass is 32.1. The molecule has 1 unspecified atom stereocenters. The first kappa shape index (κ1) is 11.5. The van der Waals surface area contributed by atoms with Crippen LogP contribution in [0.15, 0.2) is 0 Å². The second-order valence-corrected chi connectivity index (χ2v) is 4.90. The summed E-state index contributed by atoms with van der Waals surface area (Å²) in [7, 11) is 0. The first-order valence-corrected chi connectivity index (χ1v) is 6.45. The van der Waals surface area contributed by atoms with E-state index in [1.807, 2.05) is 6.92 Å². The third-order valence-electron chi connectivity index (χ3n) is 2.65. The molecular formula is C10H16N4OS. The molecule has 5 nitrogen and oxygen atoms in total. The third-order valence-corrected chi connectivity index (χ3v) is 3.66. The van der Waals surface area contributed by atoms with Crippen LogP contribution in [0, 0.1) is 0 Å². The van der Waals surface area contributed by atoms with E-state index < -0.39 is 0 Å². The van der Waals surface area contributed by atoms with Gasteiger partial charge in [-0.25, -0.2) is 0 Å². The molecule has 1 amide bonds. The fraction of sp³-hybridized carbons (Fsp3) is 0.700. The van der Waals surface area contributed by atoms with Crippen molar-refractivity contribution in [3.63, 3.8) is 0 Å². The Morgan fingerprint density at radius 2 is 2.50 bits per heavy atom. The number of anilines is 1. The van der Waals surface area contributed by atoms with Crippen molar-refractivity contribution >= 4 is 22.4 Å². The van der Waals surface area contributed by atoms with Crippen LogP contribution in [0.1, 0.15) is 37.1 Å². The zero-order valence-corrected chi connectivity index (χ0v) is 10.1. The van der Waals surface area contributed by atoms with Gasteiger partial charge in [0.2, 0.25) is 11.0 Å². The maximum absolute atomic E-state index is 11.2. The molecule has 88 valence electrons. The molecule has 16 heavy (non-hydrogen) atoms. The molecule has 1 aliphatic heterocycles. The second kappa shape index (κ2) is 5.36. The Bertz CT molecular complexity index is 359. The van der Waals surface area contributed by atoms with Crippen LogP contribution in [0.2, 0.25) is 0 Å². The predicted octanol–water partition coefficient (Wildman–Crippen LogP) is 1.35. The monoisotopic (exact) mass is 240 g/mol. The van der Waals surface area contributed by atoms with E-state index in [2.05, 4.69) is 20.8 Å². The van der Waals surface area contributed by atoms with Crippen molar-refractivity contribution in [3.05, 3.63) is 5.01 Å². The van der Waals surface area contributed by atoms with Crippen molar-refractivity contribution in [2.24, 2.45) is 0 Å². The van der Waals surface area contributed by atoms with Crippen molar-refractivity contribution in [2.45, 2.75) is 32.1 Å². The minimum absolute atomic E-state index is 0.00975. The number of rotatable bonds is 3. The van der Waals surface area contributed by atoms with Gasteiger partial charge in [0.1, 0.15) is 5.01 Å². The Kier molecular flexibility index (Phi) is 3.84.